The molecule has 0 amide bonds. The van der Waals surface area contributed by atoms with Crippen molar-refractivity contribution >= 4 is 12.2 Å². The van der Waals surface area contributed by atoms with E-state index in [1.807, 2.05) is 6.08 Å². The number of esters is 1. The molecule has 0 bridgehead atoms. The van der Waals surface area contributed by atoms with Gasteiger partial charge in [-0.2, -0.15) is 0 Å². The maximum absolute atomic E-state index is 11.2. The number of allylic oxidation sites excluding steroid dienone is 1. The summed E-state index contributed by atoms with van der Waals surface area (Å²) in [5.74, 6) is -0.324. The van der Waals surface area contributed by atoms with E-state index in [0.717, 1.165) is 0 Å². The van der Waals surface area contributed by atoms with Crippen LogP contribution in [0.15, 0.2) is 17.3 Å². The average Bonchev–Trinajstić information content (AvgIpc) is 2.54. The minimum atomic E-state index is -0.201. The number of hydrogen-bond donors (Lipinski definition) is 1. The fourth-order valence-electron chi connectivity index (χ4n) is 1.35. The maximum atomic E-state index is 11.2. The molecule has 0 radical (unpaired) electrons. The van der Waals surface area contributed by atoms with Crippen LogP contribution in [0, 0.1) is 11.8 Å². The van der Waals surface area contributed by atoms with E-state index in [1.165, 1.54) is 6.21 Å². The second-order valence-corrected chi connectivity index (χ2v) is 2.91. The Morgan fingerprint density at radius 1 is 1.77 bits per heavy atom. The lowest BCUT2D eigenvalue weighted by molar-refractivity contribution is -0.146. The van der Waals surface area contributed by atoms with Crippen molar-refractivity contribution in [2.24, 2.45) is 17.0 Å². The van der Waals surface area contributed by atoms with Crippen molar-refractivity contribution in [1.82, 2.24) is 0 Å². The van der Waals surface area contributed by atoms with Gasteiger partial charge < -0.3 is 9.94 Å². The van der Waals surface area contributed by atoms with E-state index in [9.17, 15) is 4.79 Å². The first-order valence-electron chi connectivity index (χ1n) is 4.30. The average molecular weight is 183 g/mol. The standard InChI is InChI=1S/C9H13NO3/c1-2-13-9(11)8-4-3-7(5-8)6-10-12/h3-4,6-8,12H,2,5H2,1H3/b10-6-/t7-,8-/m1/s1. The summed E-state index contributed by atoms with van der Waals surface area (Å²) in [6.45, 7) is 2.19. The molecule has 1 aliphatic carbocycles. The molecule has 0 fully saturated rings. The van der Waals surface area contributed by atoms with Crippen LogP contribution in [0.4, 0.5) is 0 Å². The number of hydrogen-bond acceptors (Lipinski definition) is 4. The molecular weight excluding hydrogens is 170 g/mol. The zero-order valence-electron chi connectivity index (χ0n) is 7.51. The van der Waals surface area contributed by atoms with Gasteiger partial charge in [-0.25, -0.2) is 0 Å². The van der Waals surface area contributed by atoms with Gasteiger partial charge in [0.15, 0.2) is 0 Å². The van der Waals surface area contributed by atoms with E-state index in [1.54, 1.807) is 13.0 Å². The Bertz CT molecular complexity index is 235. The van der Waals surface area contributed by atoms with Crippen molar-refractivity contribution in [3.63, 3.8) is 0 Å². The van der Waals surface area contributed by atoms with E-state index in [2.05, 4.69) is 5.16 Å². The van der Waals surface area contributed by atoms with Crippen LogP contribution in [0.25, 0.3) is 0 Å². The first kappa shape index (κ1) is 9.77. The summed E-state index contributed by atoms with van der Waals surface area (Å²) in [6, 6.07) is 0. The molecule has 1 rings (SSSR count). The number of carbonyl (C=O) groups is 1. The molecule has 72 valence electrons. The third kappa shape index (κ3) is 2.57. The zero-order valence-corrected chi connectivity index (χ0v) is 7.51. The van der Waals surface area contributed by atoms with Crippen LogP contribution in [-0.4, -0.2) is 24.0 Å². The number of carbonyl (C=O) groups excluding carboxylic acids is 1. The highest BCUT2D eigenvalue weighted by Gasteiger charge is 2.24. The molecule has 0 spiro atoms. The van der Waals surface area contributed by atoms with Crippen molar-refractivity contribution < 1.29 is 14.7 Å². The van der Waals surface area contributed by atoms with Gasteiger partial charge in [0, 0.05) is 5.92 Å². The zero-order chi connectivity index (χ0) is 9.68. The number of ether oxygens (including phenoxy) is 1. The molecule has 0 saturated carbocycles. The third-order valence-electron chi connectivity index (χ3n) is 1.96. The highest BCUT2D eigenvalue weighted by molar-refractivity contribution is 5.77. The van der Waals surface area contributed by atoms with E-state index >= 15 is 0 Å². The molecule has 0 aromatic heterocycles. The largest absolute Gasteiger partial charge is 0.466 e. The van der Waals surface area contributed by atoms with Gasteiger partial charge in [0.05, 0.1) is 18.7 Å². The molecule has 1 N–H and O–H groups in total. The van der Waals surface area contributed by atoms with Crippen LogP contribution in [0.2, 0.25) is 0 Å². The Labute approximate surface area is 76.9 Å². The minimum Gasteiger partial charge on any atom is -0.466 e. The monoisotopic (exact) mass is 183 g/mol. The Balaban J connectivity index is 2.42. The van der Waals surface area contributed by atoms with Crippen LogP contribution in [-0.2, 0) is 9.53 Å². The normalized spacial score (nSPS) is 26.8. The summed E-state index contributed by atoms with van der Waals surface area (Å²) < 4.78 is 4.86. The van der Waals surface area contributed by atoms with Crippen LogP contribution in [0.1, 0.15) is 13.3 Å². The van der Waals surface area contributed by atoms with Gasteiger partial charge in [0.25, 0.3) is 0 Å². The smallest absolute Gasteiger partial charge is 0.312 e. The van der Waals surface area contributed by atoms with Gasteiger partial charge >= 0.3 is 5.97 Å². The molecule has 0 saturated heterocycles. The summed E-state index contributed by atoms with van der Waals surface area (Å²) in [6.07, 6.45) is 5.70. The molecule has 4 nitrogen and oxygen atoms in total. The summed E-state index contributed by atoms with van der Waals surface area (Å²) in [7, 11) is 0. The van der Waals surface area contributed by atoms with Crippen molar-refractivity contribution in [3.8, 4) is 0 Å². The Kier molecular flexibility index (Phi) is 3.49. The topological polar surface area (TPSA) is 58.9 Å². The van der Waals surface area contributed by atoms with Crippen LogP contribution in [0.3, 0.4) is 0 Å². The molecule has 4 heteroatoms. The fourth-order valence-corrected chi connectivity index (χ4v) is 1.35. The van der Waals surface area contributed by atoms with Gasteiger partial charge in [-0.15, -0.1) is 5.16 Å². The fraction of sp³-hybridized carbons (Fsp3) is 0.556. The Hall–Kier alpha value is -1.32. The maximum Gasteiger partial charge on any atom is 0.312 e. The molecular formula is C9H13NO3. The number of rotatable bonds is 3. The predicted molar refractivity (Wildman–Crippen MR) is 47.6 cm³/mol. The lowest BCUT2D eigenvalue weighted by Crippen LogP contribution is -2.15. The Morgan fingerprint density at radius 3 is 3.15 bits per heavy atom. The first-order chi connectivity index (χ1) is 6.27. The third-order valence-corrected chi connectivity index (χ3v) is 1.96. The van der Waals surface area contributed by atoms with E-state index in [0.29, 0.717) is 13.0 Å². The minimum absolute atomic E-state index is 0.0550. The predicted octanol–water partition coefficient (Wildman–Crippen LogP) is 1.20. The molecule has 2 atom stereocenters. The van der Waals surface area contributed by atoms with Crippen LogP contribution in [0.5, 0.6) is 0 Å². The lowest BCUT2D eigenvalue weighted by Gasteiger charge is -2.07. The lowest BCUT2D eigenvalue weighted by atomic mass is 10.0. The molecule has 0 unspecified atom stereocenters. The van der Waals surface area contributed by atoms with Gasteiger partial charge in [-0.1, -0.05) is 12.2 Å². The number of oxime groups is 1. The quantitative estimate of drug-likeness (QED) is 0.235. The van der Waals surface area contributed by atoms with Gasteiger partial charge in [-0.3, -0.25) is 4.79 Å². The van der Waals surface area contributed by atoms with E-state index < -0.39 is 0 Å². The van der Waals surface area contributed by atoms with Gasteiger partial charge in [-0.05, 0) is 13.3 Å². The molecule has 0 aromatic rings. The van der Waals surface area contributed by atoms with E-state index in [4.69, 9.17) is 9.94 Å². The van der Waals surface area contributed by atoms with Crippen molar-refractivity contribution in [1.29, 1.82) is 0 Å². The molecule has 13 heavy (non-hydrogen) atoms. The molecule has 0 aromatic carbocycles. The first-order valence-corrected chi connectivity index (χ1v) is 4.30. The van der Waals surface area contributed by atoms with Crippen molar-refractivity contribution in [2.45, 2.75) is 13.3 Å². The summed E-state index contributed by atoms with van der Waals surface area (Å²) in [5.41, 5.74) is 0. The Morgan fingerprint density at radius 2 is 2.54 bits per heavy atom. The summed E-state index contributed by atoms with van der Waals surface area (Å²) in [5, 5.41) is 11.2. The second-order valence-electron chi connectivity index (χ2n) is 2.91. The van der Waals surface area contributed by atoms with Gasteiger partial charge in [0.1, 0.15) is 0 Å². The van der Waals surface area contributed by atoms with Crippen LogP contribution < -0.4 is 0 Å². The highest BCUT2D eigenvalue weighted by Crippen LogP contribution is 2.23. The van der Waals surface area contributed by atoms with E-state index in [-0.39, 0.29) is 17.8 Å². The summed E-state index contributed by atoms with van der Waals surface area (Å²) >= 11 is 0. The highest BCUT2D eigenvalue weighted by atomic mass is 16.5. The van der Waals surface area contributed by atoms with Crippen molar-refractivity contribution in [2.75, 3.05) is 6.61 Å². The SMILES string of the molecule is CCOC(=O)[C@@H]1C=C[C@@H](/C=N\O)C1. The summed E-state index contributed by atoms with van der Waals surface area (Å²) in [4.78, 5) is 11.2. The molecule has 1 aliphatic rings. The second kappa shape index (κ2) is 4.64. The molecule has 0 heterocycles. The van der Waals surface area contributed by atoms with Gasteiger partial charge in [0.2, 0.25) is 0 Å². The number of nitrogens with zero attached hydrogens (tertiary/aromatic N) is 1. The van der Waals surface area contributed by atoms with Crippen molar-refractivity contribution in [3.05, 3.63) is 12.2 Å². The molecule has 0 aliphatic heterocycles. The van der Waals surface area contributed by atoms with Crippen LogP contribution >= 0.6 is 0 Å².